The van der Waals surface area contributed by atoms with Crippen LogP contribution in [0.1, 0.15) is 33.2 Å². The molecule has 4 rings (SSSR count). The van der Waals surface area contributed by atoms with Gasteiger partial charge >= 0.3 is 0 Å². The molecule has 6 heteroatoms. The number of fused-ring (bicyclic) bond motifs is 1. The number of carbonyl (C=O) groups is 1. The lowest BCUT2D eigenvalue weighted by Gasteiger charge is -2.37. The molecule has 1 atom stereocenters. The van der Waals surface area contributed by atoms with E-state index in [2.05, 4.69) is 22.3 Å². The van der Waals surface area contributed by atoms with Crippen LogP contribution in [-0.2, 0) is 6.42 Å². The van der Waals surface area contributed by atoms with Crippen LogP contribution < -0.4 is 10.3 Å². The Morgan fingerprint density at radius 3 is 2.78 bits per heavy atom. The Morgan fingerprint density at radius 1 is 1.15 bits per heavy atom. The van der Waals surface area contributed by atoms with Gasteiger partial charge in [-0.3, -0.25) is 9.59 Å². The molecular formula is C21H19N3O3. The summed E-state index contributed by atoms with van der Waals surface area (Å²) >= 11 is 0. The van der Waals surface area contributed by atoms with Gasteiger partial charge in [-0.1, -0.05) is 36.4 Å². The van der Waals surface area contributed by atoms with Crippen LogP contribution in [0.3, 0.4) is 0 Å². The summed E-state index contributed by atoms with van der Waals surface area (Å²) in [6.07, 6.45) is 0.770. The number of rotatable bonds is 3. The third-order valence-electron chi connectivity index (χ3n) is 4.85. The molecule has 1 unspecified atom stereocenters. The third kappa shape index (κ3) is 3.21. The summed E-state index contributed by atoms with van der Waals surface area (Å²) < 4.78 is 5.37. The van der Waals surface area contributed by atoms with Crippen molar-refractivity contribution in [3.8, 4) is 5.75 Å². The second kappa shape index (κ2) is 7.07. The van der Waals surface area contributed by atoms with Crippen LogP contribution in [0, 0.1) is 0 Å². The number of nitrogens with one attached hydrogen (secondary N) is 1. The minimum atomic E-state index is -0.333. The summed E-state index contributed by atoms with van der Waals surface area (Å²) in [4.78, 5) is 26.3. The van der Waals surface area contributed by atoms with Gasteiger partial charge in [0.15, 0.2) is 0 Å². The predicted molar refractivity (Wildman–Crippen MR) is 101 cm³/mol. The second-order valence-electron chi connectivity index (χ2n) is 6.43. The molecule has 1 amide bonds. The van der Waals surface area contributed by atoms with Gasteiger partial charge in [0.2, 0.25) is 0 Å². The molecule has 0 bridgehead atoms. The minimum Gasteiger partial charge on any atom is -0.497 e. The molecule has 0 fully saturated rings. The Kier molecular flexibility index (Phi) is 4.46. The highest BCUT2D eigenvalue weighted by molar-refractivity contribution is 5.93. The highest BCUT2D eigenvalue weighted by Crippen LogP contribution is 2.36. The molecule has 27 heavy (non-hydrogen) atoms. The summed E-state index contributed by atoms with van der Waals surface area (Å²) in [5, 5.41) is 6.26. The maximum absolute atomic E-state index is 13.2. The van der Waals surface area contributed by atoms with Crippen molar-refractivity contribution in [2.75, 3.05) is 13.7 Å². The normalized spacial score (nSPS) is 15.9. The summed E-state index contributed by atoms with van der Waals surface area (Å²) in [5.41, 5.74) is 3.18. The molecule has 0 radical (unpaired) electrons. The van der Waals surface area contributed by atoms with Gasteiger partial charge < -0.3 is 9.64 Å². The first-order valence-electron chi connectivity index (χ1n) is 8.76. The van der Waals surface area contributed by atoms with Gasteiger partial charge in [0.05, 0.1) is 13.2 Å². The van der Waals surface area contributed by atoms with E-state index in [1.165, 1.54) is 17.7 Å². The number of benzene rings is 2. The molecule has 1 aliphatic rings. The lowest BCUT2D eigenvalue weighted by atomic mass is 9.88. The van der Waals surface area contributed by atoms with E-state index in [0.717, 1.165) is 23.3 Å². The minimum absolute atomic E-state index is 0.214. The lowest BCUT2D eigenvalue weighted by molar-refractivity contribution is 0.0687. The topological polar surface area (TPSA) is 75.3 Å². The largest absolute Gasteiger partial charge is 0.497 e. The van der Waals surface area contributed by atoms with Crippen molar-refractivity contribution >= 4 is 5.91 Å². The average Bonchev–Trinajstić information content (AvgIpc) is 2.73. The average molecular weight is 361 g/mol. The number of hydrogen-bond donors (Lipinski definition) is 1. The smallest absolute Gasteiger partial charge is 0.275 e. The van der Waals surface area contributed by atoms with Gasteiger partial charge in [-0.05, 0) is 41.3 Å². The first kappa shape index (κ1) is 17.0. The van der Waals surface area contributed by atoms with Gasteiger partial charge in [0, 0.05) is 12.6 Å². The fourth-order valence-corrected chi connectivity index (χ4v) is 3.57. The molecule has 2 aromatic carbocycles. The Morgan fingerprint density at radius 2 is 2.00 bits per heavy atom. The fourth-order valence-electron chi connectivity index (χ4n) is 3.57. The number of methoxy groups -OCH3 is 1. The second-order valence-corrected chi connectivity index (χ2v) is 6.43. The number of amides is 1. The third-order valence-corrected chi connectivity index (χ3v) is 4.85. The van der Waals surface area contributed by atoms with Gasteiger partial charge in [0.1, 0.15) is 11.4 Å². The molecule has 1 N–H and O–H groups in total. The Balaban J connectivity index is 1.81. The predicted octanol–water partition coefficient (Wildman–Crippen LogP) is 2.57. The van der Waals surface area contributed by atoms with Crippen LogP contribution in [0.4, 0.5) is 0 Å². The molecule has 0 saturated heterocycles. The monoisotopic (exact) mass is 361 g/mol. The van der Waals surface area contributed by atoms with E-state index < -0.39 is 0 Å². The first-order chi connectivity index (χ1) is 13.2. The van der Waals surface area contributed by atoms with E-state index in [9.17, 15) is 9.59 Å². The van der Waals surface area contributed by atoms with Crippen molar-refractivity contribution in [3.63, 3.8) is 0 Å². The van der Waals surface area contributed by atoms with Crippen LogP contribution in [0.2, 0.25) is 0 Å². The van der Waals surface area contributed by atoms with E-state index in [1.807, 2.05) is 36.4 Å². The van der Waals surface area contributed by atoms with Crippen molar-refractivity contribution < 1.29 is 9.53 Å². The van der Waals surface area contributed by atoms with Gasteiger partial charge in [0.25, 0.3) is 11.5 Å². The van der Waals surface area contributed by atoms with Gasteiger partial charge in [-0.2, -0.15) is 5.10 Å². The van der Waals surface area contributed by atoms with E-state index in [4.69, 9.17) is 4.74 Å². The van der Waals surface area contributed by atoms with Crippen molar-refractivity contribution in [2.24, 2.45) is 0 Å². The molecule has 1 aliphatic heterocycles. The molecule has 2 heterocycles. The van der Waals surface area contributed by atoms with Crippen molar-refractivity contribution in [1.82, 2.24) is 15.1 Å². The van der Waals surface area contributed by atoms with E-state index in [-0.39, 0.29) is 23.2 Å². The standard InChI is InChI=1S/C21H19N3O3/c1-27-16-7-4-6-15(13-16)20-17-8-3-2-5-14(17)11-12-24(20)21(26)18-9-10-19(25)23-22-18/h2-10,13,20H,11-12H2,1H3,(H,23,25). The van der Waals surface area contributed by atoms with Crippen molar-refractivity contribution in [3.05, 3.63) is 93.4 Å². The van der Waals surface area contributed by atoms with Gasteiger partial charge in [-0.25, -0.2) is 5.10 Å². The fraction of sp³-hybridized carbons (Fsp3) is 0.190. The number of carbonyl (C=O) groups excluding carboxylic acids is 1. The van der Waals surface area contributed by atoms with E-state index in [1.54, 1.807) is 12.0 Å². The zero-order valence-corrected chi connectivity index (χ0v) is 14.9. The molecule has 3 aromatic rings. The van der Waals surface area contributed by atoms with E-state index >= 15 is 0 Å². The number of aromatic nitrogens is 2. The van der Waals surface area contributed by atoms with Crippen LogP contribution >= 0.6 is 0 Å². The summed E-state index contributed by atoms with van der Waals surface area (Å²) in [7, 11) is 1.63. The maximum Gasteiger partial charge on any atom is 0.275 e. The van der Waals surface area contributed by atoms with Crippen molar-refractivity contribution in [2.45, 2.75) is 12.5 Å². The molecule has 136 valence electrons. The number of aromatic amines is 1. The number of ether oxygens (including phenoxy) is 1. The highest BCUT2D eigenvalue weighted by atomic mass is 16.5. The zero-order valence-electron chi connectivity index (χ0n) is 14.9. The lowest BCUT2D eigenvalue weighted by Crippen LogP contribution is -2.41. The number of nitrogens with zero attached hydrogens (tertiary/aromatic N) is 2. The molecular weight excluding hydrogens is 342 g/mol. The summed E-state index contributed by atoms with van der Waals surface area (Å²) in [5.74, 6) is 0.527. The Labute approximate surface area is 156 Å². The van der Waals surface area contributed by atoms with Crippen LogP contribution in [0.25, 0.3) is 0 Å². The number of H-pyrrole nitrogens is 1. The van der Waals surface area contributed by atoms with Gasteiger partial charge in [-0.15, -0.1) is 0 Å². The van der Waals surface area contributed by atoms with Crippen LogP contribution in [-0.4, -0.2) is 34.7 Å². The van der Waals surface area contributed by atoms with E-state index in [0.29, 0.717) is 6.54 Å². The Hall–Kier alpha value is -3.41. The quantitative estimate of drug-likeness (QED) is 0.778. The molecule has 0 aliphatic carbocycles. The molecule has 0 spiro atoms. The van der Waals surface area contributed by atoms with Crippen molar-refractivity contribution in [1.29, 1.82) is 0 Å². The summed E-state index contributed by atoms with van der Waals surface area (Å²) in [6, 6.07) is 18.4. The Bertz CT molecular complexity index is 1020. The number of hydrogen-bond acceptors (Lipinski definition) is 4. The molecule has 6 nitrogen and oxygen atoms in total. The molecule has 0 saturated carbocycles. The first-order valence-corrected chi connectivity index (χ1v) is 8.76. The molecule has 1 aromatic heterocycles. The SMILES string of the molecule is COc1cccc(C2c3ccccc3CCN2C(=O)c2ccc(=O)[nH]n2)c1. The zero-order chi connectivity index (χ0) is 18.8. The maximum atomic E-state index is 13.2. The van der Waals surface area contributed by atoms with Crippen LogP contribution in [0.5, 0.6) is 5.75 Å². The highest BCUT2D eigenvalue weighted by Gasteiger charge is 2.33. The summed E-state index contributed by atoms with van der Waals surface area (Å²) in [6.45, 7) is 0.568. The van der Waals surface area contributed by atoms with Crippen LogP contribution in [0.15, 0.2) is 65.5 Å².